The Morgan fingerprint density at radius 3 is 0.765 bits per heavy atom. The van der Waals surface area contributed by atoms with Crippen molar-refractivity contribution in [3.63, 3.8) is 0 Å². The summed E-state index contributed by atoms with van der Waals surface area (Å²) in [6.45, 7) is 0. The average molecular weight is 1040 g/mol. The van der Waals surface area contributed by atoms with Crippen LogP contribution < -0.4 is 0 Å². The van der Waals surface area contributed by atoms with Gasteiger partial charge in [-0.25, -0.2) is 29.9 Å². The van der Waals surface area contributed by atoms with Gasteiger partial charge in [-0.15, -0.1) is 0 Å². The Hall–Kier alpha value is -11.2. The number of nitrogens with zero attached hydrogens (tertiary/aromatic N) is 9. The van der Waals surface area contributed by atoms with Gasteiger partial charge in [0.2, 0.25) is 0 Å². The van der Waals surface area contributed by atoms with Crippen molar-refractivity contribution < 1.29 is 0 Å². The molecular weight excluding hydrogens is 991 g/mol. The summed E-state index contributed by atoms with van der Waals surface area (Å²) in [6, 6.07) is 95.3. The molecule has 0 saturated heterocycles. The SMILES string of the molecule is c1ccc(-c2nc(-c3ccccc3)nc(-c3ccc4c(c3)c3c(c5c6ccccc6n(-c6ccccc6)c5c5c6cc(-c7nc(-c8ccccc8)nc(-c8ccccc8)n7)ccc6n(-c6ccccc6)c53)n4-c3ccccc3)n2)cc1. The zero-order chi connectivity index (χ0) is 53.4. The summed E-state index contributed by atoms with van der Waals surface area (Å²) >= 11 is 0. The van der Waals surface area contributed by atoms with Gasteiger partial charge in [-0.2, -0.15) is 0 Å². The summed E-state index contributed by atoms with van der Waals surface area (Å²) in [5, 5.41) is 6.55. The van der Waals surface area contributed by atoms with Crippen molar-refractivity contribution in [2.75, 3.05) is 0 Å². The monoisotopic (exact) mass is 1040 g/mol. The predicted molar refractivity (Wildman–Crippen MR) is 329 cm³/mol. The average Bonchev–Trinajstić information content (AvgIpc) is 3.49. The Balaban J connectivity index is 1.10. The Labute approximate surface area is 465 Å². The van der Waals surface area contributed by atoms with Crippen LogP contribution in [-0.4, -0.2) is 43.6 Å². The molecule has 0 aliphatic heterocycles. The minimum absolute atomic E-state index is 0.582. The van der Waals surface area contributed by atoms with E-state index in [0.29, 0.717) is 34.9 Å². The van der Waals surface area contributed by atoms with Gasteiger partial charge in [0.25, 0.3) is 0 Å². The second-order valence-electron chi connectivity index (χ2n) is 20.2. The van der Waals surface area contributed by atoms with Gasteiger partial charge < -0.3 is 13.7 Å². The van der Waals surface area contributed by atoms with Crippen molar-refractivity contribution in [1.82, 2.24) is 43.6 Å². The van der Waals surface area contributed by atoms with Gasteiger partial charge in [-0.3, -0.25) is 0 Å². The Morgan fingerprint density at radius 1 is 0.198 bits per heavy atom. The van der Waals surface area contributed by atoms with E-state index < -0.39 is 0 Å². The maximum absolute atomic E-state index is 5.28. The maximum atomic E-state index is 5.28. The molecule has 5 heterocycles. The summed E-state index contributed by atoms with van der Waals surface area (Å²) in [5.74, 6) is 3.59. The van der Waals surface area contributed by atoms with Gasteiger partial charge in [0, 0.05) is 82.8 Å². The minimum Gasteiger partial charge on any atom is -0.308 e. The smallest absolute Gasteiger partial charge is 0.164 e. The molecule has 0 spiro atoms. The van der Waals surface area contributed by atoms with E-state index in [4.69, 9.17) is 29.9 Å². The van der Waals surface area contributed by atoms with Crippen molar-refractivity contribution in [1.29, 1.82) is 0 Å². The highest BCUT2D eigenvalue weighted by atomic mass is 15.1. The molecule has 378 valence electrons. The second-order valence-corrected chi connectivity index (χ2v) is 20.2. The normalized spacial score (nSPS) is 11.7. The lowest BCUT2D eigenvalue weighted by atomic mass is 10.0. The van der Waals surface area contributed by atoms with Crippen LogP contribution in [0.25, 0.3) is 151 Å². The van der Waals surface area contributed by atoms with E-state index in [9.17, 15) is 0 Å². The van der Waals surface area contributed by atoms with Gasteiger partial charge >= 0.3 is 0 Å². The first-order chi connectivity index (χ1) is 40.2. The van der Waals surface area contributed by atoms with E-state index in [2.05, 4.69) is 214 Å². The molecule has 5 aromatic heterocycles. The molecule has 0 radical (unpaired) electrons. The standard InChI is InChI=1S/C72H45N9/c1-8-24-46(25-9-1)67-73-68(47-26-10-2-11-27-47)76-71(75-67)50-40-42-59-56(44-50)63-65(80(59)53-34-18-6-19-35-53)61-55-38-22-23-39-58(55)79(52-32-16-5-17-33-52)64(61)62-57-45-51(41-43-60(57)81(66(62)63)54-36-20-7-21-37-54)72-77-69(48-28-12-3-13-29-48)74-70(78-72)49-30-14-4-15-31-49/h1-45H. The third-order valence-corrected chi connectivity index (χ3v) is 15.5. The zero-order valence-electron chi connectivity index (χ0n) is 43.5. The molecule has 0 aliphatic carbocycles. The van der Waals surface area contributed by atoms with Crippen molar-refractivity contribution in [2.45, 2.75) is 0 Å². The number of fused-ring (bicyclic) bond motifs is 12. The van der Waals surface area contributed by atoms with Crippen LogP contribution in [0.15, 0.2) is 273 Å². The van der Waals surface area contributed by atoms with Gasteiger partial charge in [-0.05, 0) is 78.9 Å². The van der Waals surface area contributed by atoms with Crippen molar-refractivity contribution in [3.05, 3.63) is 273 Å². The molecule has 0 unspecified atom stereocenters. The van der Waals surface area contributed by atoms with Gasteiger partial charge in [0.05, 0.1) is 33.1 Å². The molecule has 0 saturated carbocycles. The minimum atomic E-state index is 0.582. The first-order valence-corrected chi connectivity index (χ1v) is 27.1. The highest BCUT2D eigenvalue weighted by molar-refractivity contribution is 6.40. The molecule has 0 N–H and O–H groups in total. The molecule has 16 rings (SSSR count). The number of para-hydroxylation sites is 4. The quantitative estimate of drug-likeness (QED) is 0.143. The Morgan fingerprint density at radius 2 is 0.444 bits per heavy atom. The molecule has 0 aliphatic rings. The van der Waals surface area contributed by atoms with Gasteiger partial charge in [-0.1, -0.05) is 194 Å². The highest BCUT2D eigenvalue weighted by Gasteiger charge is 2.30. The molecule has 11 aromatic carbocycles. The molecule has 0 atom stereocenters. The molecule has 81 heavy (non-hydrogen) atoms. The van der Waals surface area contributed by atoms with Crippen LogP contribution in [0.3, 0.4) is 0 Å². The van der Waals surface area contributed by atoms with E-state index in [0.717, 1.165) is 116 Å². The molecular formula is C72H45N9. The van der Waals surface area contributed by atoms with Crippen molar-refractivity contribution >= 4 is 65.4 Å². The number of benzene rings is 11. The van der Waals surface area contributed by atoms with Gasteiger partial charge in [0.15, 0.2) is 34.9 Å². The first-order valence-electron chi connectivity index (χ1n) is 27.1. The van der Waals surface area contributed by atoms with Crippen molar-refractivity contribution in [2.24, 2.45) is 0 Å². The van der Waals surface area contributed by atoms with Crippen LogP contribution in [0.2, 0.25) is 0 Å². The van der Waals surface area contributed by atoms with Gasteiger partial charge in [0.1, 0.15) is 0 Å². The van der Waals surface area contributed by atoms with Crippen LogP contribution >= 0.6 is 0 Å². The predicted octanol–water partition coefficient (Wildman–Crippen LogP) is 17.3. The molecule has 16 aromatic rings. The van der Waals surface area contributed by atoms with E-state index in [1.54, 1.807) is 0 Å². The Kier molecular flexibility index (Phi) is 10.7. The van der Waals surface area contributed by atoms with E-state index in [1.807, 2.05) is 72.8 Å². The lowest BCUT2D eigenvalue weighted by Gasteiger charge is -2.13. The molecule has 0 fully saturated rings. The number of aromatic nitrogens is 9. The number of hydrogen-bond donors (Lipinski definition) is 0. The maximum Gasteiger partial charge on any atom is 0.164 e. The number of rotatable bonds is 9. The van der Waals surface area contributed by atoms with Crippen LogP contribution in [0.4, 0.5) is 0 Å². The van der Waals surface area contributed by atoms with Crippen LogP contribution in [-0.2, 0) is 0 Å². The fourth-order valence-corrected chi connectivity index (χ4v) is 11.9. The summed E-state index contributed by atoms with van der Waals surface area (Å²) in [4.78, 5) is 31.3. The third-order valence-electron chi connectivity index (χ3n) is 15.5. The van der Waals surface area contributed by atoms with E-state index in [1.165, 1.54) is 0 Å². The Bertz CT molecular complexity index is 4780. The number of hydrogen-bond acceptors (Lipinski definition) is 6. The fraction of sp³-hybridized carbons (Fsp3) is 0. The lowest BCUT2D eigenvalue weighted by molar-refractivity contribution is 1.07. The van der Waals surface area contributed by atoms with Crippen molar-refractivity contribution in [3.8, 4) is 85.4 Å². The summed E-state index contributed by atoms with van der Waals surface area (Å²) < 4.78 is 7.40. The van der Waals surface area contributed by atoms with E-state index in [-0.39, 0.29) is 0 Å². The topological polar surface area (TPSA) is 92.1 Å². The van der Waals surface area contributed by atoms with Crippen LogP contribution in [0.1, 0.15) is 0 Å². The van der Waals surface area contributed by atoms with Crippen LogP contribution in [0.5, 0.6) is 0 Å². The van der Waals surface area contributed by atoms with Crippen LogP contribution in [0, 0.1) is 0 Å². The fourth-order valence-electron chi connectivity index (χ4n) is 11.9. The summed E-state index contributed by atoms with van der Waals surface area (Å²) in [5.41, 5.74) is 14.9. The molecule has 9 nitrogen and oxygen atoms in total. The second kappa shape index (κ2) is 18.8. The zero-order valence-corrected chi connectivity index (χ0v) is 43.5. The lowest BCUT2D eigenvalue weighted by Crippen LogP contribution is -2.00. The van der Waals surface area contributed by atoms with E-state index >= 15 is 0 Å². The molecule has 9 heteroatoms. The third kappa shape index (κ3) is 7.55. The summed E-state index contributed by atoms with van der Waals surface area (Å²) in [6.07, 6.45) is 0. The largest absolute Gasteiger partial charge is 0.308 e. The molecule has 0 bridgehead atoms. The summed E-state index contributed by atoms with van der Waals surface area (Å²) in [7, 11) is 0. The molecule has 0 amide bonds. The highest BCUT2D eigenvalue weighted by Crippen LogP contribution is 2.51. The first kappa shape index (κ1) is 46.0.